The van der Waals surface area contributed by atoms with Gasteiger partial charge in [-0.3, -0.25) is 4.79 Å². The van der Waals surface area contributed by atoms with Gasteiger partial charge in [0.05, 0.1) is 22.7 Å². The largest absolute Gasteiger partial charge is 0.363 e. The summed E-state index contributed by atoms with van der Waals surface area (Å²) in [5, 5.41) is 9.19. The molecular weight excluding hydrogens is 475 g/mol. The molecule has 0 aliphatic carbocycles. The van der Waals surface area contributed by atoms with Crippen molar-refractivity contribution in [3.63, 3.8) is 0 Å². The smallest absolute Gasteiger partial charge is 0.244 e. The second kappa shape index (κ2) is 9.12. The van der Waals surface area contributed by atoms with E-state index in [4.69, 9.17) is 0 Å². The van der Waals surface area contributed by atoms with Crippen molar-refractivity contribution in [2.24, 2.45) is 0 Å². The number of halogens is 2. The Balaban J connectivity index is 1.63. The molecule has 2 aromatic carbocycles. The number of nitriles is 1. The summed E-state index contributed by atoms with van der Waals surface area (Å²) >= 11 is 3.20. The standard InChI is InChI=1S/C20H20BrFN4O3S/c1-24(18-7-6-16(21)12-17(18)22)14-20(27)25-8-10-26(11-9-25)30(28,29)19-5-3-2-4-15(19)13-23/h2-7,12H,8-11,14H2,1H3. The van der Waals surface area contributed by atoms with Crippen LogP contribution in [0.15, 0.2) is 51.8 Å². The summed E-state index contributed by atoms with van der Waals surface area (Å²) in [6.07, 6.45) is 0. The Morgan fingerprint density at radius 3 is 2.50 bits per heavy atom. The summed E-state index contributed by atoms with van der Waals surface area (Å²) in [5.74, 6) is -0.652. The molecule has 1 heterocycles. The molecule has 0 bridgehead atoms. The molecule has 0 saturated carbocycles. The Labute approximate surface area is 183 Å². The Kier molecular flexibility index (Phi) is 6.75. The third-order valence-corrected chi connectivity index (χ3v) is 7.36. The van der Waals surface area contributed by atoms with Gasteiger partial charge in [-0.05, 0) is 30.3 Å². The molecule has 0 N–H and O–H groups in total. The van der Waals surface area contributed by atoms with Gasteiger partial charge >= 0.3 is 0 Å². The first-order valence-electron chi connectivity index (χ1n) is 9.17. The minimum atomic E-state index is -3.82. The summed E-state index contributed by atoms with van der Waals surface area (Å²) in [6, 6.07) is 12.6. The maximum atomic E-state index is 14.1. The molecule has 30 heavy (non-hydrogen) atoms. The number of piperazine rings is 1. The third kappa shape index (κ3) is 4.64. The van der Waals surface area contributed by atoms with Crippen LogP contribution < -0.4 is 4.90 Å². The van der Waals surface area contributed by atoms with Crippen LogP contribution in [0.5, 0.6) is 0 Å². The number of hydrogen-bond acceptors (Lipinski definition) is 5. The van der Waals surface area contributed by atoms with Gasteiger partial charge < -0.3 is 9.80 Å². The van der Waals surface area contributed by atoms with E-state index in [9.17, 15) is 22.9 Å². The minimum absolute atomic E-state index is 0.0252. The van der Waals surface area contributed by atoms with Crippen molar-refractivity contribution in [3.8, 4) is 6.07 Å². The number of carbonyl (C=O) groups is 1. The first kappa shape index (κ1) is 22.2. The van der Waals surface area contributed by atoms with Gasteiger partial charge in [-0.25, -0.2) is 12.8 Å². The molecule has 1 aliphatic heterocycles. The molecule has 10 heteroatoms. The van der Waals surface area contributed by atoms with E-state index in [-0.39, 0.29) is 49.1 Å². The number of sulfonamides is 1. The number of likely N-dealkylation sites (N-methyl/N-ethyl adjacent to an activating group) is 1. The molecule has 1 fully saturated rings. The van der Waals surface area contributed by atoms with Gasteiger partial charge in [-0.1, -0.05) is 28.1 Å². The summed E-state index contributed by atoms with van der Waals surface area (Å²) < 4.78 is 41.8. The van der Waals surface area contributed by atoms with Crippen molar-refractivity contribution in [1.29, 1.82) is 5.26 Å². The number of hydrogen-bond donors (Lipinski definition) is 0. The van der Waals surface area contributed by atoms with Crippen LogP contribution in [-0.2, 0) is 14.8 Å². The highest BCUT2D eigenvalue weighted by Crippen LogP contribution is 2.23. The van der Waals surface area contributed by atoms with E-state index in [1.165, 1.54) is 27.4 Å². The lowest BCUT2D eigenvalue weighted by Crippen LogP contribution is -2.52. The number of benzene rings is 2. The molecule has 0 radical (unpaired) electrons. The topological polar surface area (TPSA) is 84.7 Å². The molecule has 1 saturated heterocycles. The van der Waals surface area contributed by atoms with E-state index in [1.807, 2.05) is 6.07 Å². The predicted octanol–water partition coefficient (Wildman–Crippen LogP) is 2.43. The van der Waals surface area contributed by atoms with Crippen LogP contribution in [0.4, 0.5) is 10.1 Å². The summed E-state index contributed by atoms with van der Waals surface area (Å²) in [5.41, 5.74) is 0.398. The molecule has 158 valence electrons. The highest BCUT2D eigenvalue weighted by Gasteiger charge is 2.31. The van der Waals surface area contributed by atoms with Gasteiger partial charge in [0, 0.05) is 37.7 Å². The van der Waals surface area contributed by atoms with Crippen LogP contribution in [-0.4, -0.2) is 63.3 Å². The molecule has 0 spiro atoms. The second-order valence-electron chi connectivity index (χ2n) is 6.84. The number of rotatable bonds is 5. The zero-order valence-electron chi connectivity index (χ0n) is 16.3. The van der Waals surface area contributed by atoms with E-state index < -0.39 is 15.8 Å². The highest BCUT2D eigenvalue weighted by atomic mass is 79.9. The zero-order valence-corrected chi connectivity index (χ0v) is 18.7. The van der Waals surface area contributed by atoms with E-state index in [1.54, 1.807) is 36.2 Å². The van der Waals surface area contributed by atoms with Crippen LogP contribution >= 0.6 is 15.9 Å². The normalized spacial score (nSPS) is 14.9. The Bertz CT molecular complexity index is 1100. The quantitative estimate of drug-likeness (QED) is 0.637. The van der Waals surface area contributed by atoms with Crippen LogP contribution in [0.3, 0.4) is 0 Å². The molecule has 1 aliphatic rings. The van der Waals surface area contributed by atoms with Gasteiger partial charge in [-0.2, -0.15) is 9.57 Å². The van der Waals surface area contributed by atoms with E-state index >= 15 is 0 Å². The van der Waals surface area contributed by atoms with Gasteiger partial charge in [0.2, 0.25) is 15.9 Å². The fourth-order valence-corrected chi connectivity index (χ4v) is 5.18. The maximum absolute atomic E-state index is 14.1. The summed E-state index contributed by atoms with van der Waals surface area (Å²) in [4.78, 5) is 15.7. The fraction of sp³-hybridized carbons (Fsp3) is 0.300. The lowest BCUT2D eigenvalue weighted by Gasteiger charge is -2.35. The van der Waals surface area contributed by atoms with Crippen molar-refractivity contribution in [2.75, 3.05) is 44.7 Å². The second-order valence-corrected chi connectivity index (χ2v) is 9.67. The summed E-state index contributed by atoms with van der Waals surface area (Å²) in [6.45, 7) is 0.684. The number of carbonyl (C=O) groups excluding carboxylic acids is 1. The van der Waals surface area contributed by atoms with Crippen molar-refractivity contribution in [3.05, 3.63) is 58.3 Å². The van der Waals surface area contributed by atoms with Crippen molar-refractivity contribution in [2.45, 2.75) is 4.90 Å². The Morgan fingerprint density at radius 1 is 1.20 bits per heavy atom. The molecular formula is C20H20BrFN4O3S. The maximum Gasteiger partial charge on any atom is 0.244 e. The Hall–Kier alpha value is -2.48. The van der Waals surface area contributed by atoms with Crippen molar-refractivity contribution < 1.29 is 17.6 Å². The fourth-order valence-electron chi connectivity index (χ4n) is 3.28. The van der Waals surface area contributed by atoms with Gasteiger partial charge in [0.1, 0.15) is 11.9 Å². The monoisotopic (exact) mass is 494 g/mol. The van der Waals surface area contributed by atoms with Gasteiger partial charge in [0.25, 0.3) is 0 Å². The minimum Gasteiger partial charge on any atom is -0.363 e. The number of anilines is 1. The number of nitrogens with zero attached hydrogens (tertiary/aromatic N) is 4. The molecule has 0 aromatic heterocycles. The predicted molar refractivity (Wildman–Crippen MR) is 114 cm³/mol. The molecule has 0 atom stereocenters. The number of amides is 1. The zero-order chi connectivity index (χ0) is 21.9. The lowest BCUT2D eigenvalue weighted by molar-refractivity contribution is -0.130. The average molecular weight is 495 g/mol. The van der Waals surface area contributed by atoms with E-state index in [0.717, 1.165) is 0 Å². The van der Waals surface area contributed by atoms with Crippen LogP contribution in [0.25, 0.3) is 0 Å². The molecule has 3 rings (SSSR count). The third-order valence-electron chi connectivity index (χ3n) is 4.91. The average Bonchev–Trinajstić information content (AvgIpc) is 2.73. The Morgan fingerprint density at radius 2 is 1.87 bits per heavy atom. The molecule has 1 amide bonds. The molecule has 2 aromatic rings. The first-order chi connectivity index (χ1) is 14.2. The summed E-state index contributed by atoms with van der Waals surface area (Å²) in [7, 11) is -2.19. The van der Waals surface area contributed by atoms with E-state index in [2.05, 4.69) is 15.9 Å². The molecule has 7 nitrogen and oxygen atoms in total. The van der Waals surface area contributed by atoms with Gasteiger partial charge in [-0.15, -0.1) is 0 Å². The molecule has 0 unspecified atom stereocenters. The van der Waals surface area contributed by atoms with E-state index in [0.29, 0.717) is 10.2 Å². The lowest BCUT2D eigenvalue weighted by atomic mass is 10.2. The van der Waals surface area contributed by atoms with Crippen molar-refractivity contribution in [1.82, 2.24) is 9.21 Å². The SMILES string of the molecule is CN(CC(=O)N1CCN(S(=O)(=O)c2ccccc2C#N)CC1)c1ccc(Br)cc1F. The first-order valence-corrected chi connectivity index (χ1v) is 11.4. The van der Waals surface area contributed by atoms with Crippen LogP contribution in [0, 0.1) is 17.1 Å². The van der Waals surface area contributed by atoms with Crippen LogP contribution in [0.1, 0.15) is 5.56 Å². The van der Waals surface area contributed by atoms with Crippen molar-refractivity contribution >= 4 is 37.5 Å². The van der Waals surface area contributed by atoms with Gasteiger partial charge in [0.15, 0.2) is 0 Å². The highest BCUT2D eigenvalue weighted by molar-refractivity contribution is 9.10. The van der Waals surface area contributed by atoms with Crippen LogP contribution in [0.2, 0.25) is 0 Å².